The van der Waals surface area contributed by atoms with Gasteiger partial charge in [-0.25, -0.2) is 0 Å². The second-order valence-electron chi connectivity index (χ2n) is 11.8. The topological polar surface area (TPSA) is 172 Å². The second-order valence-corrected chi connectivity index (χ2v) is 11.8. The number of anilines is 7. The van der Waals surface area contributed by atoms with Gasteiger partial charge in [-0.1, -0.05) is 36.4 Å². The molecule has 0 atom stereocenters. The molecule has 5 N–H and O–H groups in total. The van der Waals surface area contributed by atoms with Gasteiger partial charge in [0.1, 0.15) is 0 Å². The van der Waals surface area contributed by atoms with Gasteiger partial charge in [0, 0.05) is 70.3 Å². The van der Waals surface area contributed by atoms with Crippen molar-refractivity contribution in [2.45, 2.75) is 12.8 Å². The van der Waals surface area contributed by atoms with E-state index >= 15 is 0 Å². The Bertz CT molecular complexity index is 1440. The second kappa shape index (κ2) is 19.3. The van der Waals surface area contributed by atoms with Crippen LogP contribution in [0.2, 0.25) is 0 Å². The standard InChI is InChI=1S/C34H47N13O3/c1-3-9-27(10-4-1)38-32-41-29(40-30(42-32)36-14-16-46-18-23-48-24-19-46)35-13-7-8-22-50-34-44-31(37-15-17-47-20-25-49-26-21-47)43-33(45-34)39-28-11-5-2-6-12-28/h1-6,9-12H,7-8,13-26H2,(H2,37,39,43,44,45)(H3,35,36,38,40,41,42). The van der Waals surface area contributed by atoms with Crippen LogP contribution in [0.5, 0.6) is 6.01 Å². The maximum Gasteiger partial charge on any atom is 0.323 e. The maximum absolute atomic E-state index is 6.00. The molecule has 0 bridgehead atoms. The Kier molecular flexibility index (Phi) is 13.5. The largest absolute Gasteiger partial charge is 0.463 e. The van der Waals surface area contributed by atoms with Crippen LogP contribution in [0.25, 0.3) is 0 Å². The van der Waals surface area contributed by atoms with Crippen LogP contribution < -0.4 is 31.3 Å². The van der Waals surface area contributed by atoms with E-state index in [2.05, 4.69) is 66.3 Å². The number of ether oxygens (including phenoxy) is 3. The van der Waals surface area contributed by atoms with Crippen molar-refractivity contribution in [3.63, 3.8) is 0 Å². The zero-order chi connectivity index (χ0) is 34.1. The van der Waals surface area contributed by atoms with Crippen molar-refractivity contribution < 1.29 is 14.2 Å². The number of benzene rings is 2. The molecule has 4 aromatic rings. The Balaban J connectivity index is 0.997. The highest BCUT2D eigenvalue weighted by Gasteiger charge is 2.13. The van der Waals surface area contributed by atoms with Crippen molar-refractivity contribution in [2.75, 3.05) is 119 Å². The minimum atomic E-state index is 0.266. The molecule has 2 saturated heterocycles. The van der Waals surface area contributed by atoms with Crippen LogP contribution >= 0.6 is 0 Å². The number of rotatable bonds is 19. The molecular weight excluding hydrogens is 638 g/mol. The molecule has 2 fully saturated rings. The lowest BCUT2D eigenvalue weighted by Gasteiger charge is -2.26. The minimum absolute atomic E-state index is 0.266. The van der Waals surface area contributed by atoms with Crippen molar-refractivity contribution in [1.82, 2.24) is 39.7 Å². The van der Waals surface area contributed by atoms with Crippen molar-refractivity contribution in [1.29, 1.82) is 0 Å². The summed E-state index contributed by atoms with van der Waals surface area (Å²) < 4.78 is 16.9. The molecule has 2 aliphatic rings. The molecule has 0 spiro atoms. The molecule has 0 saturated carbocycles. The number of para-hydroxylation sites is 2. The molecule has 50 heavy (non-hydrogen) atoms. The number of nitrogens with one attached hydrogen (secondary N) is 5. The number of aromatic nitrogens is 6. The first-order valence-corrected chi connectivity index (χ1v) is 17.4. The van der Waals surface area contributed by atoms with E-state index in [-0.39, 0.29) is 6.01 Å². The Morgan fingerprint density at radius 2 is 0.960 bits per heavy atom. The molecule has 266 valence electrons. The fraction of sp³-hybridized carbons (Fsp3) is 0.471. The van der Waals surface area contributed by atoms with Gasteiger partial charge < -0.3 is 40.8 Å². The molecule has 16 heteroatoms. The van der Waals surface area contributed by atoms with Gasteiger partial charge in [-0.2, -0.15) is 29.9 Å². The Hall–Kier alpha value is -4.90. The number of nitrogens with zero attached hydrogens (tertiary/aromatic N) is 8. The predicted molar refractivity (Wildman–Crippen MR) is 194 cm³/mol. The first kappa shape index (κ1) is 34.9. The van der Waals surface area contributed by atoms with E-state index in [0.29, 0.717) is 49.4 Å². The van der Waals surface area contributed by atoms with Gasteiger partial charge in [-0.15, -0.1) is 0 Å². The average molecular weight is 686 g/mol. The Morgan fingerprint density at radius 1 is 0.520 bits per heavy atom. The van der Waals surface area contributed by atoms with Gasteiger partial charge in [0.05, 0.1) is 33.0 Å². The summed E-state index contributed by atoms with van der Waals surface area (Å²) in [6.07, 6.45) is 1.59. The zero-order valence-corrected chi connectivity index (χ0v) is 28.4. The lowest BCUT2D eigenvalue weighted by molar-refractivity contribution is 0.0398. The predicted octanol–water partition coefficient (Wildman–Crippen LogP) is 3.30. The van der Waals surface area contributed by atoms with Crippen molar-refractivity contribution in [3.8, 4) is 6.01 Å². The van der Waals surface area contributed by atoms with E-state index in [4.69, 9.17) is 14.2 Å². The zero-order valence-electron chi connectivity index (χ0n) is 28.4. The van der Waals surface area contributed by atoms with Gasteiger partial charge in [-0.3, -0.25) is 9.80 Å². The highest BCUT2D eigenvalue weighted by atomic mass is 16.5. The summed E-state index contributed by atoms with van der Waals surface area (Å²) >= 11 is 0. The minimum Gasteiger partial charge on any atom is -0.463 e. The third kappa shape index (κ3) is 11.9. The Labute approximate surface area is 292 Å². The van der Waals surface area contributed by atoms with Gasteiger partial charge in [0.25, 0.3) is 0 Å². The highest BCUT2D eigenvalue weighted by molar-refractivity contribution is 5.56. The third-order valence-corrected chi connectivity index (χ3v) is 8.03. The van der Waals surface area contributed by atoms with Gasteiger partial charge in [0.2, 0.25) is 29.7 Å². The normalized spacial score (nSPS) is 15.3. The number of unbranched alkanes of at least 4 members (excludes halogenated alkanes) is 1. The van der Waals surface area contributed by atoms with Gasteiger partial charge >= 0.3 is 6.01 Å². The van der Waals surface area contributed by atoms with Gasteiger partial charge in [0.15, 0.2) is 0 Å². The number of hydrogen-bond acceptors (Lipinski definition) is 16. The van der Waals surface area contributed by atoms with Crippen molar-refractivity contribution >= 4 is 41.1 Å². The van der Waals surface area contributed by atoms with Crippen molar-refractivity contribution in [2.24, 2.45) is 0 Å². The fourth-order valence-corrected chi connectivity index (χ4v) is 5.34. The van der Waals surface area contributed by atoms with Crippen molar-refractivity contribution in [3.05, 3.63) is 60.7 Å². The molecule has 0 radical (unpaired) electrons. The molecule has 2 aromatic heterocycles. The summed E-state index contributed by atoms with van der Waals surface area (Å²) in [6.45, 7) is 11.1. The van der Waals surface area contributed by atoms with E-state index in [1.165, 1.54) is 0 Å². The van der Waals surface area contributed by atoms with Crippen LogP contribution in [-0.4, -0.2) is 132 Å². The molecule has 4 heterocycles. The summed E-state index contributed by atoms with van der Waals surface area (Å²) in [5, 5.41) is 16.6. The quantitative estimate of drug-likeness (QED) is 0.0910. The monoisotopic (exact) mass is 685 g/mol. The molecular formula is C34H47N13O3. The summed E-state index contributed by atoms with van der Waals surface area (Å²) in [5.41, 5.74) is 1.78. The van der Waals surface area contributed by atoms with Crippen LogP contribution in [0.15, 0.2) is 60.7 Å². The first-order valence-electron chi connectivity index (χ1n) is 17.4. The fourth-order valence-electron chi connectivity index (χ4n) is 5.34. The van der Waals surface area contributed by atoms with E-state index in [9.17, 15) is 0 Å². The summed E-state index contributed by atoms with van der Waals surface area (Å²) in [6, 6.07) is 19.9. The lowest BCUT2D eigenvalue weighted by atomic mass is 10.3. The smallest absolute Gasteiger partial charge is 0.323 e. The molecule has 2 aromatic carbocycles. The molecule has 0 aliphatic carbocycles. The third-order valence-electron chi connectivity index (χ3n) is 8.03. The van der Waals surface area contributed by atoms with E-state index in [1.807, 2.05) is 60.7 Å². The van der Waals surface area contributed by atoms with Crippen LogP contribution in [0.4, 0.5) is 41.1 Å². The first-order chi connectivity index (χ1) is 24.7. The number of hydrogen-bond donors (Lipinski definition) is 5. The van der Waals surface area contributed by atoms with Crippen LogP contribution in [-0.2, 0) is 9.47 Å². The molecule has 0 unspecified atom stereocenters. The van der Waals surface area contributed by atoms with Crippen LogP contribution in [0.1, 0.15) is 12.8 Å². The van der Waals surface area contributed by atoms with Crippen LogP contribution in [0.3, 0.4) is 0 Å². The molecule has 6 rings (SSSR count). The molecule has 2 aliphatic heterocycles. The molecule has 16 nitrogen and oxygen atoms in total. The van der Waals surface area contributed by atoms with E-state index in [1.54, 1.807) is 0 Å². The lowest BCUT2D eigenvalue weighted by Crippen LogP contribution is -2.39. The molecule has 0 amide bonds. The Morgan fingerprint density at radius 3 is 1.50 bits per heavy atom. The van der Waals surface area contributed by atoms with Gasteiger partial charge in [-0.05, 0) is 37.1 Å². The van der Waals surface area contributed by atoms with Crippen LogP contribution in [0, 0.1) is 0 Å². The highest BCUT2D eigenvalue weighted by Crippen LogP contribution is 2.18. The number of morpholine rings is 2. The van der Waals surface area contributed by atoms with E-state index in [0.717, 1.165) is 96.5 Å². The summed E-state index contributed by atoms with van der Waals surface area (Å²) in [5.74, 6) is 2.36. The average Bonchev–Trinajstić information content (AvgIpc) is 3.15. The van der Waals surface area contributed by atoms with E-state index < -0.39 is 0 Å². The maximum atomic E-state index is 6.00. The summed E-state index contributed by atoms with van der Waals surface area (Å²) in [7, 11) is 0. The SMILES string of the molecule is c1ccc(Nc2nc(NCCCCOc3nc(NCCN4CCOCC4)nc(Nc4ccccc4)n3)nc(NCCN3CCOCC3)n2)cc1. The summed E-state index contributed by atoms with van der Waals surface area (Å²) in [4.78, 5) is 32.2.